The maximum atomic E-state index is 12.1. The predicted molar refractivity (Wildman–Crippen MR) is 56.0 cm³/mol. The molecular formula is C10H10F3N3O2. The van der Waals surface area contributed by atoms with Crippen molar-refractivity contribution in [2.45, 2.75) is 32.6 Å². The number of nitrogens with zero attached hydrogens (tertiary/aromatic N) is 3. The van der Waals surface area contributed by atoms with Crippen molar-refractivity contribution in [2.75, 3.05) is 0 Å². The minimum atomic E-state index is -4.47. The number of hydrogen-bond donors (Lipinski definition) is 0. The number of rotatable bonds is 3. The lowest BCUT2D eigenvalue weighted by molar-refractivity contribution is -0.137. The van der Waals surface area contributed by atoms with Crippen LogP contribution in [-0.2, 0) is 13.1 Å². The molecule has 0 aromatic carbocycles. The second kappa shape index (κ2) is 5.08. The molecule has 1 rings (SSSR count). The van der Waals surface area contributed by atoms with Gasteiger partial charge in [0.1, 0.15) is 11.6 Å². The van der Waals surface area contributed by atoms with Crippen molar-refractivity contribution in [3.63, 3.8) is 0 Å². The Morgan fingerprint density at radius 3 is 2.44 bits per heavy atom. The van der Waals surface area contributed by atoms with Crippen LogP contribution >= 0.6 is 0 Å². The molecule has 1 aromatic heterocycles. The third kappa shape index (κ3) is 3.00. The second-order valence-electron chi connectivity index (χ2n) is 3.55. The maximum absolute atomic E-state index is 12.1. The topological polar surface area (TPSA) is 67.8 Å². The minimum absolute atomic E-state index is 0.166. The highest BCUT2D eigenvalue weighted by Crippen LogP contribution is 2.19. The summed E-state index contributed by atoms with van der Waals surface area (Å²) in [6.45, 7) is 0.970. The number of aromatic nitrogens is 2. The number of alkyl halides is 3. The lowest BCUT2D eigenvalue weighted by Crippen LogP contribution is -2.41. The van der Waals surface area contributed by atoms with Gasteiger partial charge in [0.2, 0.25) is 0 Å². The van der Waals surface area contributed by atoms with Gasteiger partial charge in [-0.1, -0.05) is 0 Å². The summed E-state index contributed by atoms with van der Waals surface area (Å²) >= 11 is 0. The summed E-state index contributed by atoms with van der Waals surface area (Å²) in [5.74, 6) is 0. The SMILES string of the molecule is CCn1cc(C#N)c(=O)n(CCC(F)(F)F)c1=O. The third-order valence-electron chi connectivity index (χ3n) is 2.32. The van der Waals surface area contributed by atoms with Crippen LogP contribution in [0.25, 0.3) is 0 Å². The monoisotopic (exact) mass is 261 g/mol. The van der Waals surface area contributed by atoms with E-state index in [-0.39, 0.29) is 12.1 Å². The van der Waals surface area contributed by atoms with Crippen LogP contribution in [0, 0.1) is 11.3 Å². The van der Waals surface area contributed by atoms with Gasteiger partial charge < -0.3 is 0 Å². The molecule has 0 bridgehead atoms. The summed E-state index contributed by atoms with van der Waals surface area (Å²) in [6, 6.07) is 1.56. The predicted octanol–water partition coefficient (Wildman–Crippen LogP) is 0.854. The first kappa shape index (κ1) is 14.0. The van der Waals surface area contributed by atoms with E-state index in [1.165, 1.54) is 0 Å². The average molecular weight is 261 g/mol. The molecule has 8 heteroatoms. The van der Waals surface area contributed by atoms with Crippen molar-refractivity contribution in [1.29, 1.82) is 5.26 Å². The van der Waals surface area contributed by atoms with Gasteiger partial charge >= 0.3 is 11.9 Å². The summed E-state index contributed by atoms with van der Waals surface area (Å²) < 4.78 is 37.7. The first-order chi connectivity index (χ1) is 8.30. The zero-order valence-electron chi connectivity index (χ0n) is 9.49. The molecule has 0 radical (unpaired) electrons. The highest BCUT2D eigenvalue weighted by atomic mass is 19.4. The largest absolute Gasteiger partial charge is 0.390 e. The Balaban J connectivity index is 3.30. The fraction of sp³-hybridized carbons (Fsp3) is 0.500. The lowest BCUT2D eigenvalue weighted by atomic mass is 10.3. The normalized spacial score (nSPS) is 11.3. The third-order valence-corrected chi connectivity index (χ3v) is 2.32. The Bertz CT molecular complexity index is 592. The van der Waals surface area contributed by atoms with Crippen LogP contribution in [-0.4, -0.2) is 15.3 Å². The highest BCUT2D eigenvalue weighted by Gasteiger charge is 2.27. The molecule has 0 aliphatic rings. The van der Waals surface area contributed by atoms with Crippen LogP contribution in [0.1, 0.15) is 18.9 Å². The molecule has 0 saturated heterocycles. The maximum Gasteiger partial charge on any atom is 0.390 e. The summed E-state index contributed by atoms with van der Waals surface area (Å²) in [7, 11) is 0. The van der Waals surface area contributed by atoms with Crippen molar-refractivity contribution >= 4 is 0 Å². The molecule has 0 amide bonds. The Morgan fingerprint density at radius 2 is 2.00 bits per heavy atom. The van der Waals surface area contributed by atoms with Crippen molar-refractivity contribution in [2.24, 2.45) is 0 Å². The Kier molecular flexibility index (Phi) is 3.96. The van der Waals surface area contributed by atoms with Crippen LogP contribution in [0.5, 0.6) is 0 Å². The van der Waals surface area contributed by atoms with E-state index in [2.05, 4.69) is 0 Å². The van der Waals surface area contributed by atoms with E-state index in [4.69, 9.17) is 5.26 Å². The fourth-order valence-corrected chi connectivity index (χ4v) is 1.39. The first-order valence-electron chi connectivity index (χ1n) is 5.11. The highest BCUT2D eigenvalue weighted by molar-refractivity contribution is 5.22. The molecule has 0 N–H and O–H groups in total. The van der Waals surface area contributed by atoms with E-state index in [1.54, 1.807) is 13.0 Å². The summed E-state index contributed by atoms with van der Waals surface area (Å²) in [6.07, 6.45) is -4.71. The van der Waals surface area contributed by atoms with E-state index in [0.29, 0.717) is 4.57 Å². The van der Waals surface area contributed by atoms with Crippen LogP contribution in [0.3, 0.4) is 0 Å². The van der Waals surface area contributed by atoms with Gasteiger partial charge in [0.15, 0.2) is 0 Å². The number of aryl methyl sites for hydroxylation is 1. The quantitative estimate of drug-likeness (QED) is 0.810. The second-order valence-corrected chi connectivity index (χ2v) is 3.55. The van der Waals surface area contributed by atoms with Gasteiger partial charge in [-0.25, -0.2) is 4.79 Å². The van der Waals surface area contributed by atoms with Gasteiger partial charge in [-0.2, -0.15) is 18.4 Å². The molecule has 0 fully saturated rings. The number of halogens is 3. The number of hydrogen-bond acceptors (Lipinski definition) is 3. The zero-order valence-corrected chi connectivity index (χ0v) is 9.49. The van der Waals surface area contributed by atoms with Crippen LogP contribution < -0.4 is 11.2 Å². The minimum Gasteiger partial charge on any atom is -0.299 e. The summed E-state index contributed by atoms with van der Waals surface area (Å²) in [5.41, 5.74) is -2.18. The van der Waals surface area contributed by atoms with E-state index < -0.39 is 30.4 Å². The number of nitriles is 1. The van der Waals surface area contributed by atoms with Gasteiger partial charge in [-0.15, -0.1) is 0 Å². The standard InChI is InChI=1S/C10H10F3N3O2/c1-2-15-6-7(5-14)8(17)16(9(15)18)4-3-10(11,12)13/h6H,2-4H2,1H3. The molecule has 18 heavy (non-hydrogen) atoms. The Hall–Kier alpha value is -2.04. The van der Waals surface area contributed by atoms with Crippen LogP contribution in [0.15, 0.2) is 15.8 Å². The van der Waals surface area contributed by atoms with Crippen molar-refractivity contribution in [3.8, 4) is 6.07 Å². The fourth-order valence-electron chi connectivity index (χ4n) is 1.39. The zero-order chi connectivity index (χ0) is 13.9. The first-order valence-corrected chi connectivity index (χ1v) is 5.11. The molecule has 0 atom stereocenters. The summed E-state index contributed by atoms with van der Waals surface area (Å²) in [4.78, 5) is 23.2. The Morgan fingerprint density at radius 1 is 1.39 bits per heavy atom. The molecule has 98 valence electrons. The molecule has 0 unspecified atom stereocenters. The summed E-state index contributed by atoms with van der Waals surface area (Å²) in [5, 5.41) is 8.68. The van der Waals surface area contributed by atoms with Crippen LogP contribution in [0.4, 0.5) is 13.2 Å². The van der Waals surface area contributed by atoms with Crippen molar-refractivity contribution in [1.82, 2.24) is 9.13 Å². The van der Waals surface area contributed by atoms with E-state index in [1.807, 2.05) is 0 Å². The molecule has 0 saturated carbocycles. The average Bonchev–Trinajstić information content (AvgIpc) is 2.28. The van der Waals surface area contributed by atoms with Gasteiger partial charge in [-0.3, -0.25) is 13.9 Å². The smallest absolute Gasteiger partial charge is 0.299 e. The molecule has 5 nitrogen and oxygen atoms in total. The molecule has 0 spiro atoms. The van der Waals surface area contributed by atoms with Gasteiger partial charge in [-0.05, 0) is 6.92 Å². The van der Waals surface area contributed by atoms with Crippen molar-refractivity contribution in [3.05, 3.63) is 32.6 Å². The van der Waals surface area contributed by atoms with Gasteiger partial charge in [0.05, 0.1) is 6.42 Å². The van der Waals surface area contributed by atoms with E-state index >= 15 is 0 Å². The molecule has 1 heterocycles. The van der Waals surface area contributed by atoms with Gasteiger partial charge in [0.25, 0.3) is 5.56 Å². The molecule has 0 aliphatic carbocycles. The van der Waals surface area contributed by atoms with Crippen molar-refractivity contribution < 1.29 is 13.2 Å². The molecule has 1 aromatic rings. The van der Waals surface area contributed by atoms with E-state index in [0.717, 1.165) is 10.8 Å². The van der Waals surface area contributed by atoms with Gasteiger partial charge in [0, 0.05) is 19.3 Å². The lowest BCUT2D eigenvalue weighted by Gasteiger charge is -2.10. The van der Waals surface area contributed by atoms with E-state index in [9.17, 15) is 22.8 Å². The van der Waals surface area contributed by atoms with Crippen LogP contribution in [0.2, 0.25) is 0 Å². The molecular weight excluding hydrogens is 251 g/mol. The Labute approximate surface area is 99.7 Å². The molecule has 0 aliphatic heterocycles.